The van der Waals surface area contributed by atoms with E-state index in [1.54, 1.807) is 11.9 Å². The van der Waals surface area contributed by atoms with E-state index in [2.05, 4.69) is 4.74 Å². The first kappa shape index (κ1) is 15.4. The molecular weight excluding hydrogens is 270 g/mol. The monoisotopic (exact) mass is 291 g/mol. The van der Waals surface area contributed by atoms with Gasteiger partial charge in [0.25, 0.3) is 0 Å². The first-order chi connectivity index (χ1) is 10.1. The summed E-state index contributed by atoms with van der Waals surface area (Å²) in [5.74, 6) is 0.478. The Kier molecular flexibility index (Phi) is 5.20. The summed E-state index contributed by atoms with van der Waals surface area (Å²) >= 11 is 0. The molecule has 1 aromatic carbocycles. The Balaban J connectivity index is 1.95. The summed E-state index contributed by atoms with van der Waals surface area (Å²) in [7, 11) is 3.15. The van der Waals surface area contributed by atoms with Gasteiger partial charge in [-0.3, -0.25) is 9.59 Å². The molecule has 1 atom stereocenters. The fourth-order valence-corrected chi connectivity index (χ4v) is 2.54. The minimum absolute atomic E-state index is 0.0793. The van der Waals surface area contributed by atoms with Crippen LogP contribution in [0.2, 0.25) is 0 Å². The van der Waals surface area contributed by atoms with E-state index in [0.717, 1.165) is 11.3 Å². The van der Waals surface area contributed by atoms with Crippen LogP contribution in [0.25, 0.3) is 0 Å². The molecule has 0 bridgehead atoms. The maximum Gasteiger partial charge on any atom is 0.305 e. The Morgan fingerprint density at radius 2 is 2.14 bits per heavy atom. The molecule has 1 amide bonds. The number of para-hydroxylation sites is 1. The van der Waals surface area contributed by atoms with Crippen LogP contribution in [-0.2, 0) is 14.3 Å². The Bertz CT molecular complexity index is 515. The van der Waals surface area contributed by atoms with E-state index in [0.29, 0.717) is 32.4 Å². The molecule has 0 spiro atoms. The second kappa shape index (κ2) is 7.11. The van der Waals surface area contributed by atoms with Crippen LogP contribution < -0.4 is 4.74 Å². The highest BCUT2D eigenvalue weighted by molar-refractivity contribution is 5.84. The number of fused-ring (bicyclic) bond motifs is 1. The van der Waals surface area contributed by atoms with Crippen molar-refractivity contribution >= 4 is 11.9 Å². The fraction of sp³-hybridized carbons (Fsp3) is 0.500. The predicted octanol–water partition coefficient (Wildman–Crippen LogP) is 1.96. The van der Waals surface area contributed by atoms with Gasteiger partial charge in [0.15, 0.2) is 0 Å². The minimum Gasteiger partial charge on any atom is -0.493 e. The molecule has 1 heterocycles. The van der Waals surface area contributed by atoms with Gasteiger partial charge in [0, 0.05) is 25.6 Å². The van der Waals surface area contributed by atoms with Gasteiger partial charge in [-0.1, -0.05) is 18.2 Å². The predicted molar refractivity (Wildman–Crippen MR) is 78.2 cm³/mol. The molecule has 1 aromatic rings. The van der Waals surface area contributed by atoms with Crippen LogP contribution in [0.15, 0.2) is 24.3 Å². The highest BCUT2D eigenvalue weighted by atomic mass is 16.5. The number of likely N-dealkylation sites (N-methyl/N-ethyl adjacent to an activating group) is 1. The fourth-order valence-electron chi connectivity index (χ4n) is 2.54. The highest BCUT2D eigenvalue weighted by Crippen LogP contribution is 2.34. The maximum absolute atomic E-state index is 12.6. The molecule has 1 unspecified atom stereocenters. The molecule has 5 heteroatoms. The zero-order chi connectivity index (χ0) is 15.2. The quantitative estimate of drug-likeness (QED) is 0.778. The summed E-state index contributed by atoms with van der Waals surface area (Å²) in [4.78, 5) is 25.3. The normalized spacial score (nSPS) is 16.6. The number of amides is 1. The summed E-state index contributed by atoms with van der Waals surface area (Å²) in [5, 5.41) is 0. The lowest BCUT2D eigenvalue weighted by Crippen LogP contribution is -2.35. The van der Waals surface area contributed by atoms with Crippen molar-refractivity contribution < 1.29 is 19.1 Å². The summed E-state index contributed by atoms with van der Waals surface area (Å²) in [5.41, 5.74) is 0.952. The lowest BCUT2D eigenvalue weighted by Gasteiger charge is -2.28. The highest BCUT2D eigenvalue weighted by Gasteiger charge is 2.29. The van der Waals surface area contributed by atoms with Crippen molar-refractivity contribution in [3.63, 3.8) is 0 Å². The molecule has 0 saturated carbocycles. The lowest BCUT2D eigenvalue weighted by atomic mass is 9.92. The van der Waals surface area contributed by atoms with Gasteiger partial charge >= 0.3 is 5.97 Å². The largest absolute Gasteiger partial charge is 0.493 e. The molecule has 1 aliphatic heterocycles. The Morgan fingerprint density at radius 3 is 2.90 bits per heavy atom. The zero-order valence-corrected chi connectivity index (χ0v) is 12.5. The molecule has 1 aliphatic rings. The van der Waals surface area contributed by atoms with E-state index >= 15 is 0 Å². The van der Waals surface area contributed by atoms with E-state index in [-0.39, 0.29) is 17.8 Å². The third-order valence-corrected chi connectivity index (χ3v) is 3.73. The molecular formula is C16H21NO4. The lowest BCUT2D eigenvalue weighted by molar-refractivity contribution is -0.141. The number of nitrogens with zero attached hydrogens (tertiary/aromatic N) is 1. The number of hydrogen-bond donors (Lipinski definition) is 0. The van der Waals surface area contributed by atoms with Crippen LogP contribution in [0.1, 0.15) is 30.7 Å². The van der Waals surface area contributed by atoms with Gasteiger partial charge in [0.05, 0.1) is 19.6 Å². The summed E-state index contributed by atoms with van der Waals surface area (Å²) < 4.78 is 10.2. The van der Waals surface area contributed by atoms with Crippen molar-refractivity contribution in [2.45, 2.75) is 25.2 Å². The van der Waals surface area contributed by atoms with Gasteiger partial charge in [-0.25, -0.2) is 0 Å². The second-order valence-electron chi connectivity index (χ2n) is 5.17. The van der Waals surface area contributed by atoms with E-state index in [1.165, 1.54) is 7.11 Å². The molecule has 0 N–H and O–H groups in total. The summed E-state index contributed by atoms with van der Waals surface area (Å²) in [6.45, 7) is 1.11. The van der Waals surface area contributed by atoms with Gasteiger partial charge in [-0.05, 0) is 18.9 Å². The number of ether oxygens (including phenoxy) is 2. The molecule has 2 rings (SSSR count). The molecule has 0 aromatic heterocycles. The van der Waals surface area contributed by atoms with Gasteiger partial charge in [-0.2, -0.15) is 0 Å². The number of methoxy groups -OCH3 is 1. The minimum atomic E-state index is -0.243. The third kappa shape index (κ3) is 3.74. The molecule has 0 aliphatic carbocycles. The van der Waals surface area contributed by atoms with Crippen molar-refractivity contribution in [3.05, 3.63) is 29.8 Å². The van der Waals surface area contributed by atoms with Crippen molar-refractivity contribution in [1.82, 2.24) is 4.90 Å². The van der Waals surface area contributed by atoms with Crippen LogP contribution in [-0.4, -0.2) is 44.1 Å². The average molecular weight is 291 g/mol. The van der Waals surface area contributed by atoms with Crippen molar-refractivity contribution in [3.8, 4) is 5.75 Å². The van der Waals surface area contributed by atoms with Gasteiger partial charge in [0.2, 0.25) is 5.91 Å². The molecule has 5 nitrogen and oxygen atoms in total. The first-order valence-electron chi connectivity index (χ1n) is 7.17. The molecule has 21 heavy (non-hydrogen) atoms. The van der Waals surface area contributed by atoms with Crippen LogP contribution >= 0.6 is 0 Å². The van der Waals surface area contributed by atoms with Crippen molar-refractivity contribution in [1.29, 1.82) is 0 Å². The zero-order valence-electron chi connectivity index (χ0n) is 12.5. The average Bonchev–Trinajstić information content (AvgIpc) is 2.53. The molecule has 0 fully saturated rings. The molecule has 0 saturated heterocycles. The summed E-state index contributed by atoms with van der Waals surface area (Å²) in [6, 6.07) is 7.67. The Morgan fingerprint density at radius 1 is 1.38 bits per heavy atom. The van der Waals surface area contributed by atoms with Crippen LogP contribution in [0, 0.1) is 0 Å². The number of benzene rings is 1. The Labute approximate surface area is 124 Å². The molecule has 0 radical (unpaired) electrons. The number of hydrogen-bond acceptors (Lipinski definition) is 4. The van der Waals surface area contributed by atoms with Crippen molar-refractivity contribution in [2.75, 3.05) is 27.3 Å². The van der Waals surface area contributed by atoms with E-state index in [9.17, 15) is 9.59 Å². The first-order valence-corrected chi connectivity index (χ1v) is 7.17. The number of carbonyl (C=O) groups is 2. The SMILES string of the molecule is COC(=O)CCCN(C)C(=O)C1CCOc2ccccc21. The van der Waals surface area contributed by atoms with Crippen LogP contribution in [0.5, 0.6) is 5.75 Å². The maximum atomic E-state index is 12.6. The van der Waals surface area contributed by atoms with Crippen molar-refractivity contribution in [2.24, 2.45) is 0 Å². The second-order valence-corrected chi connectivity index (χ2v) is 5.17. The molecule has 114 valence electrons. The number of rotatable bonds is 5. The van der Waals surface area contributed by atoms with E-state index in [1.807, 2.05) is 24.3 Å². The van der Waals surface area contributed by atoms with E-state index in [4.69, 9.17) is 4.74 Å². The van der Waals surface area contributed by atoms with Crippen LogP contribution in [0.3, 0.4) is 0 Å². The van der Waals surface area contributed by atoms with Gasteiger partial charge in [-0.15, -0.1) is 0 Å². The number of carbonyl (C=O) groups excluding carboxylic acids is 2. The summed E-state index contributed by atoms with van der Waals surface area (Å²) in [6.07, 6.45) is 1.63. The third-order valence-electron chi connectivity index (χ3n) is 3.73. The number of esters is 1. The van der Waals surface area contributed by atoms with Gasteiger partial charge < -0.3 is 14.4 Å². The standard InChI is InChI=1S/C16H21NO4/c1-17(10-5-8-15(18)20-2)16(19)13-9-11-21-14-7-4-3-6-12(13)14/h3-4,6-7,13H,5,8-11H2,1-2H3. The topological polar surface area (TPSA) is 55.8 Å². The Hall–Kier alpha value is -2.04. The van der Waals surface area contributed by atoms with Gasteiger partial charge in [0.1, 0.15) is 5.75 Å². The van der Waals surface area contributed by atoms with E-state index < -0.39 is 0 Å². The smallest absolute Gasteiger partial charge is 0.305 e. The van der Waals surface area contributed by atoms with Crippen LogP contribution in [0.4, 0.5) is 0 Å².